The van der Waals surface area contributed by atoms with Crippen molar-refractivity contribution in [1.29, 1.82) is 0 Å². The monoisotopic (exact) mass is 449 g/mol. The first-order valence-corrected chi connectivity index (χ1v) is 10.9. The van der Waals surface area contributed by atoms with E-state index in [0.29, 0.717) is 42.4 Å². The molecular formula is C24H25F2N7. The van der Waals surface area contributed by atoms with E-state index in [4.69, 9.17) is 9.97 Å². The molecule has 2 N–H and O–H groups in total. The van der Waals surface area contributed by atoms with Crippen molar-refractivity contribution in [2.75, 3.05) is 35.4 Å². The highest BCUT2D eigenvalue weighted by Gasteiger charge is 2.31. The fourth-order valence-electron chi connectivity index (χ4n) is 4.25. The molecule has 0 bridgehead atoms. The Morgan fingerprint density at radius 2 is 2.03 bits per heavy atom. The van der Waals surface area contributed by atoms with Gasteiger partial charge in [0.1, 0.15) is 17.3 Å². The summed E-state index contributed by atoms with van der Waals surface area (Å²) in [6.07, 6.45) is 5.24. The van der Waals surface area contributed by atoms with Crippen LogP contribution in [0.5, 0.6) is 0 Å². The molecule has 1 aliphatic rings. The molecule has 4 aromatic rings. The van der Waals surface area contributed by atoms with Crippen molar-refractivity contribution >= 4 is 28.2 Å². The number of pyridine rings is 1. The molecular weight excluding hydrogens is 424 g/mol. The van der Waals surface area contributed by atoms with Gasteiger partial charge in [-0.2, -0.15) is 0 Å². The summed E-state index contributed by atoms with van der Waals surface area (Å²) in [4.78, 5) is 20.8. The topological polar surface area (TPSA) is 73.0 Å². The number of anilines is 3. The smallest absolute Gasteiger partial charge is 0.165 e. The molecule has 3 aromatic heterocycles. The minimum absolute atomic E-state index is 0.232. The lowest BCUT2D eigenvalue weighted by molar-refractivity contribution is 0.622. The normalized spacial score (nSPS) is 13.3. The van der Waals surface area contributed by atoms with E-state index in [1.807, 2.05) is 19.3 Å². The van der Waals surface area contributed by atoms with Crippen molar-refractivity contribution in [2.45, 2.75) is 26.3 Å². The number of H-pyrrole nitrogens is 1. The van der Waals surface area contributed by atoms with Crippen LogP contribution in [0.15, 0.2) is 42.9 Å². The number of nitrogens with zero attached hydrogens (tertiary/aromatic N) is 5. The van der Waals surface area contributed by atoms with Crippen molar-refractivity contribution in [3.05, 3.63) is 60.1 Å². The third-order valence-corrected chi connectivity index (χ3v) is 5.91. The van der Waals surface area contributed by atoms with Crippen LogP contribution < -0.4 is 15.1 Å². The summed E-state index contributed by atoms with van der Waals surface area (Å²) in [6.45, 7) is 5.49. The van der Waals surface area contributed by atoms with E-state index in [-0.39, 0.29) is 11.9 Å². The van der Waals surface area contributed by atoms with Crippen LogP contribution in [0.1, 0.15) is 19.4 Å². The SMILES string of the molecule is CC(C)N1CN(C)c2c(NCCc3c[nH]c4c(F)cccc34)nc(-c3cncc(F)c3)nc21. The molecule has 0 unspecified atom stereocenters. The van der Waals surface area contributed by atoms with Gasteiger partial charge in [0.05, 0.1) is 18.4 Å². The first-order valence-electron chi connectivity index (χ1n) is 10.9. The second kappa shape index (κ2) is 8.31. The first-order chi connectivity index (χ1) is 15.9. The fraction of sp³-hybridized carbons (Fsp3) is 0.292. The summed E-state index contributed by atoms with van der Waals surface area (Å²) in [7, 11) is 2.00. The summed E-state index contributed by atoms with van der Waals surface area (Å²) in [6, 6.07) is 6.70. The Labute approximate surface area is 190 Å². The predicted molar refractivity (Wildman–Crippen MR) is 127 cm³/mol. The van der Waals surface area contributed by atoms with Gasteiger partial charge in [0, 0.05) is 43.0 Å². The number of aromatic amines is 1. The maximum Gasteiger partial charge on any atom is 0.165 e. The van der Waals surface area contributed by atoms with Crippen LogP contribution in [0.25, 0.3) is 22.3 Å². The van der Waals surface area contributed by atoms with Crippen LogP contribution in [0.2, 0.25) is 0 Å². The molecule has 0 fully saturated rings. The molecule has 9 heteroatoms. The van der Waals surface area contributed by atoms with Crippen LogP contribution in [-0.2, 0) is 6.42 Å². The highest BCUT2D eigenvalue weighted by Crippen LogP contribution is 2.41. The molecule has 4 heterocycles. The number of hydrogen-bond acceptors (Lipinski definition) is 6. The molecule has 0 radical (unpaired) electrons. The lowest BCUT2D eigenvalue weighted by Crippen LogP contribution is -2.34. The summed E-state index contributed by atoms with van der Waals surface area (Å²) in [5, 5.41) is 4.31. The lowest BCUT2D eigenvalue weighted by atomic mass is 10.1. The molecule has 0 saturated heterocycles. The van der Waals surface area contributed by atoms with Crippen molar-refractivity contribution in [3.8, 4) is 11.4 Å². The Hall–Kier alpha value is -3.75. The molecule has 33 heavy (non-hydrogen) atoms. The van der Waals surface area contributed by atoms with Gasteiger partial charge in [-0.15, -0.1) is 0 Å². The quantitative estimate of drug-likeness (QED) is 0.449. The molecule has 0 spiro atoms. The van der Waals surface area contributed by atoms with Crippen LogP contribution in [0.4, 0.5) is 26.1 Å². The van der Waals surface area contributed by atoms with Gasteiger partial charge in [0.15, 0.2) is 17.5 Å². The van der Waals surface area contributed by atoms with Gasteiger partial charge in [-0.25, -0.2) is 18.7 Å². The maximum absolute atomic E-state index is 14.0. The second-order valence-electron chi connectivity index (χ2n) is 8.52. The van der Waals surface area contributed by atoms with Gasteiger partial charge in [-0.05, 0) is 38.0 Å². The zero-order valence-corrected chi connectivity index (χ0v) is 18.7. The van der Waals surface area contributed by atoms with E-state index >= 15 is 0 Å². The average Bonchev–Trinajstić information content (AvgIpc) is 3.36. The standard InChI is InChI=1S/C24H25F2N7/c1-14(2)33-13-32(3)21-23(30-22(31-24(21)33)16-9-17(25)12-27-10-16)28-8-7-15-11-29-20-18(15)5-4-6-19(20)26/h4-6,9-12,14,29H,7-8,13H2,1-3H3,(H,28,30,31). The third-order valence-electron chi connectivity index (χ3n) is 5.91. The van der Waals surface area contributed by atoms with E-state index in [9.17, 15) is 8.78 Å². The van der Waals surface area contributed by atoms with Gasteiger partial charge in [-0.1, -0.05) is 12.1 Å². The number of para-hydroxylation sites is 1. The third kappa shape index (κ3) is 3.83. The van der Waals surface area contributed by atoms with E-state index in [0.717, 1.165) is 28.7 Å². The van der Waals surface area contributed by atoms with Crippen molar-refractivity contribution in [1.82, 2.24) is 19.9 Å². The van der Waals surface area contributed by atoms with Crippen molar-refractivity contribution in [3.63, 3.8) is 0 Å². The number of hydrogen-bond donors (Lipinski definition) is 2. The molecule has 0 aliphatic carbocycles. The zero-order chi connectivity index (χ0) is 23.1. The van der Waals surface area contributed by atoms with Gasteiger partial charge >= 0.3 is 0 Å². The molecule has 0 atom stereocenters. The summed E-state index contributed by atoms with van der Waals surface area (Å²) < 4.78 is 27.8. The summed E-state index contributed by atoms with van der Waals surface area (Å²) >= 11 is 0. The predicted octanol–water partition coefficient (Wildman–Crippen LogP) is 4.57. The Morgan fingerprint density at radius 3 is 2.82 bits per heavy atom. The van der Waals surface area contributed by atoms with Crippen LogP contribution in [0.3, 0.4) is 0 Å². The number of rotatable bonds is 6. The van der Waals surface area contributed by atoms with Crippen molar-refractivity contribution in [2.24, 2.45) is 0 Å². The Balaban J connectivity index is 1.48. The molecule has 1 aliphatic heterocycles. The summed E-state index contributed by atoms with van der Waals surface area (Å²) in [5.41, 5.74) is 2.96. The molecule has 0 amide bonds. The molecule has 7 nitrogen and oxygen atoms in total. The van der Waals surface area contributed by atoms with Crippen LogP contribution >= 0.6 is 0 Å². The minimum atomic E-state index is -0.435. The van der Waals surface area contributed by atoms with Gasteiger partial charge < -0.3 is 20.1 Å². The number of nitrogens with one attached hydrogen (secondary N) is 2. The van der Waals surface area contributed by atoms with Crippen LogP contribution in [-0.4, -0.2) is 46.2 Å². The van der Waals surface area contributed by atoms with E-state index in [1.54, 1.807) is 12.3 Å². The van der Waals surface area contributed by atoms with Gasteiger partial charge in [-0.3, -0.25) is 4.98 Å². The highest BCUT2D eigenvalue weighted by atomic mass is 19.1. The Bertz CT molecular complexity index is 1320. The minimum Gasteiger partial charge on any atom is -0.368 e. The second-order valence-corrected chi connectivity index (χ2v) is 8.52. The highest BCUT2D eigenvalue weighted by molar-refractivity contribution is 5.85. The molecule has 1 aromatic carbocycles. The van der Waals surface area contributed by atoms with Gasteiger partial charge in [0.25, 0.3) is 0 Å². The van der Waals surface area contributed by atoms with Crippen LogP contribution in [0, 0.1) is 11.6 Å². The van der Waals surface area contributed by atoms with Gasteiger partial charge in [0.2, 0.25) is 0 Å². The number of aromatic nitrogens is 4. The number of halogens is 2. The Morgan fingerprint density at radius 1 is 1.18 bits per heavy atom. The Kier molecular flexibility index (Phi) is 5.32. The van der Waals surface area contributed by atoms with E-state index < -0.39 is 5.82 Å². The molecule has 170 valence electrons. The maximum atomic E-state index is 14.0. The summed E-state index contributed by atoms with van der Waals surface area (Å²) in [5.74, 6) is 1.20. The fourth-order valence-corrected chi connectivity index (χ4v) is 4.25. The molecule has 0 saturated carbocycles. The average molecular weight is 450 g/mol. The number of benzene rings is 1. The van der Waals surface area contributed by atoms with E-state index in [2.05, 4.69) is 38.9 Å². The molecule has 5 rings (SSSR count). The first kappa shape index (κ1) is 21.1. The lowest BCUT2D eigenvalue weighted by Gasteiger charge is -2.22. The van der Waals surface area contributed by atoms with Crippen molar-refractivity contribution < 1.29 is 8.78 Å². The largest absolute Gasteiger partial charge is 0.368 e. The van der Waals surface area contributed by atoms with E-state index in [1.165, 1.54) is 12.1 Å². The number of fused-ring (bicyclic) bond motifs is 2. The zero-order valence-electron chi connectivity index (χ0n) is 18.7.